The molecule has 0 amide bonds. The largest absolute Gasteiger partial charge is 0.316 e. The maximum Gasteiger partial charge on any atom is 0.0635 e. The lowest BCUT2D eigenvalue weighted by Gasteiger charge is -2.26. The molecule has 260 valence electrons. The molecule has 0 fully saturated rings. The van der Waals surface area contributed by atoms with Crippen molar-refractivity contribution in [2.75, 3.05) is 4.90 Å². The van der Waals surface area contributed by atoms with E-state index in [1.807, 2.05) is 0 Å². The molecule has 0 saturated heterocycles. The van der Waals surface area contributed by atoms with Crippen LogP contribution >= 0.6 is 0 Å². The van der Waals surface area contributed by atoms with E-state index in [2.05, 4.69) is 226 Å². The van der Waals surface area contributed by atoms with Gasteiger partial charge in [-0.1, -0.05) is 96.6 Å². The van der Waals surface area contributed by atoms with Gasteiger partial charge in [0.2, 0.25) is 0 Å². The molecule has 4 nitrogen and oxygen atoms in total. The summed E-state index contributed by atoms with van der Waals surface area (Å²) >= 11 is 0. The minimum absolute atomic E-state index is 1.10. The first-order chi connectivity index (χ1) is 27.2. The molecule has 4 heteroatoms. The Morgan fingerprint density at radius 1 is 0.345 bits per heavy atom. The van der Waals surface area contributed by atoms with Crippen molar-refractivity contribution in [1.82, 2.24) is 13.7 Å². The third-order valence-corrected chi connectivity index (χ3v) is 11.1. The van der Waals surface area contributed by atoms with Crippen LogP contribution in [0.3, 0.4) is 0 Å². The highest BCUT2D eigenvalue weighted by molar-refractivity contribution is 6.18. The number of benzene rings is 8. The van der Waals surface area contributed by atoms with Crippen molar-refractivity contribution >= 4 is 71.6 Å². The average molecular weight is 705 g/mol. The maximum absolute atomic E-state index is 2.41. The molecule has 11 aromatic rings. The number of fused-ring (bicyclic) bond motifs is 8. The van der Waals surface area contributed by atoms with Gasteiger partial charge in [-0.15, -0.1) is 0 Å². The van der Waals surface area contributed by atoms with Crippen LogP contribution in [0.2, 0.25) is 0 Å². The van der Waals surface area contributed by atoms with Crippen LogP contribution in [0, 0.1) is 6.92 Å². The van der Waals surface area contributed by atoms with Crippen molar-refractivity contribution in [3.8, 4) is 17.1 Å². The lowest BCUT2D eigenvalue weighted by Crippen LogP contribution is -2.10. The molecule has 0 radical (unpaired) electrons. The van der Waals surface area contributed by atoms with E-state index in [0.717, 1.165) is 28.4 Å². The third-order valence-electron chi connectivity index (χ3n) is 11.1. The van der Waals surface area contributed by atoms with Gasteiger partial charge in [0.25, 0.3) is 0 Å². The third kappa shape index (κ3) is 4.92. The molecule has 0 aliphatic carbocycles. The van der Waals surface area contributed by atoms with Gasteiger partial charge in [0, 0.05) is 67.3 Å². The van der Waals surface area contributed by atoms with Crippen molar-refractivity contribution in [3.05, 3.63) is 206 Å². The van der Waals surface area contributed by atoms with Gasteiger partial charge in [-0.3, -0.25) is 0 Å². The van der Waals surface area contributed by atoms with Crippen LogP contribution < -0.4 is 4.90 Å². The summed E-state index contributed by atoms with van der Waals surface area (Å²) in [6.07, 6.45) is 2.21. The normalized spacial score (nSPS) is 11.7. The van der Waals surface area contributed by atoms with E-state index in [0.29, 0.717) is 0 Å². The smallest absolute Gasteiger partial charge is 0.0635 e. The van der Waals surface area contributed by atoms with Gasteiger partial charge in [0.05, 0.1) is 27.6 Å². The molecular weight excluding hydrogens is 669 g/mol. The highest BCUT2D eigenvalue weighted by Crippen LogP contribution is 2.41. The summed E-state index contributed by atoms with van der Waals surface area (Å²) in [4.78, 5) is 2.36. The van der Waals surface area contributed by atoms with Crippen LogP contribution in [-0.4, -0.2) is 13.7 Å². The molecule has 55 heavy (non-hydrogen) atoms. The molecule has 0 saturated carbocycles. The zero-order valence-electron chi connectivity index (χ0n) is 30.3. The van der Waals surface area contributed by atoms with Gasteiger partial charge in [-0.25, -0.2) is 0 Å². The number of hydrogen-bond donors (Lipinski definition) is 0. The first-order valence-electron chi connectivity index (χ1n) is 18.9. The highest BCUT2D eigenvalue weighted by atomic mass is 15.1. The predicted molar refractivity (Wildman–Crippen MR) is 231 cm³/mol. The number of anilines is 3. The van der Waals surface area contributed by atoms with E-state index in [1.54, 1.807) is 0 Å². The molecule has 0 aliphatic heterocycles. The number of para-hydroxylation sites is 4. The van der Waals surface area contributed by atoms with E-state index >= 15 is 0 Å². The maximum atomic E-state index is 2.41. The Morgan fingerprint density at radius 3 is 1.64 bits per heavy atom. The minimum atomic E-state index is 1.10. The van der Waals surface area contributed by atoms with Gasteiger partial charge in [0.1, 0.15) is 0 Å². The lowest BCUT2D eigenvalue weighted by molar-refractivity contribution is 1.12. The number of aromatic nitrogens is 3. The molecule has 3 aromatic heterocycles. The number of nitrogens with zero attached hydrogens (tertiary/aromatic N) is 4. The Bertz CT molecular complexity index is 3180. The van der Waals surface area contributed by atoms with Crippen LogP contribution in [0.1, 0.15) is 5.56 Å². The van der Waals surface area contributed by atoms with Crippen LogP contribution in [0.15, 0.2) is 200 Å². The van der Waals surface area contributed by atoms with E-state index in [4.69, 9.17) is 0 Å². The summed E-state index contributed by atoms with van der Waals surface area (Å²) < 4.78 is 7.10. The summed E-state index contributed by atoms with van der Waals surface area (Å²) in [6, 6.07) is 70.3. The Kier molecular flexibility index (Phi) is 7.04. The monoisotopic (exact) mass is 704 g/mol. The number of rotatable bonds is 6. The van der Waals surface area contributed by atoms with Crippen molar-refractivity contribution in [1.29, 1.82) is 0 Å². The quantitative estimate of drug-likeness (QED) is 0.168. The molecule has 0 N–H and O–H groups in total. The molecular formula is C51H36N4. The van der Waals surface area contributed by atoms with Crippen molar-refractivity contribution in [2.45, 2.75) is 6.92 Å². The molecule has 0 aliphatic rings. The van der Waals surface area contributed by atoms with Gasteiger partial charge in [-0.05, 0) is 110 Å². The van der Waals surface area contributed by atoms with Crippen molar-refractivity contribution < 1.29 is 0 Å². The molecule has 0 unspecified atom stereocenters. The fourth-order valence-corrected chi connectivity index (χ4v) is 8.61. The van der Waals surface area contributed by atoms with Crippen molar-refractivity contribution in [3.63, 3.8) is 0 Å². The second kappa shape index (κ2) is 12.4. The molecule has 0 spiro atoms. The topological polar surface area (TPSA) is 18.0 Å². The van der Waals surface area contributed by atoms with E-state index < -0.39 is 0 Å². The standard InChI is InChI=1S/C51H36N4/c1-35-20-22-40(23-21-35)54-48-18-10-9-17-43(48)46-34-41(28-30-50(46)54)53(37-12-4-2-5-13-37)39-26-24-36(25-27-39)52-33-32-45-47(52)31-29-44-42-16-8-11-19-49(42)55(51(44)45)38-14-6-3-7-15-38/h2-34H,1H3. The Labute approximate surface area is 319 Å². The first-order valence-corrected chi connectivity index (χ1v) is 18.9. The Morgan fingerprint density at radius 2 is 0.891 bits per heavy atom. The van der Waals surface area contributed by atoms with Crippen LogP contribution in [-0.2, 0) is 0 Å². The summed E-state index contributed by atoms with van der Waals surface area (Å²) in [5.41, 5.74) is 14.0. The van der Waals surface area contributed by atoms with Crippen LogP contribution in [0.25, 0.3) is 71.6 Å². The fourth-order valence-electron chi connectivity index (χ4n) is 8.61. The second-order valence-corrected chi connectivity index (χ2v) is 14.3. The summed E-state index contributed by atoms with van der Waals surface area (Å²) in [6.45, 7) is 2.14. The average Bonchev–Trinajstić information content (AvgIpc) is 3.93. The second-order valence-electron chi connectivity index (χ2n) is 14.3. The summed E-state index contributed by atoms with van der Waals surface area (Å²) in [5, 5.41) is 6.22. The van der Waals surface area contributed by atoms with Gasteiger partial charge in [0.15, 0.2) is 0 Å². The Hall–Kier alpha value is -7.30. The lowest BCUT2D eigenvalue weighted by atomic mass is 10.1. The van der Waals surface area contributed by atoms with Gasteiger partial charge < -0.3 is 18.6 Å². The molecule has 0 bridgehead atoms. The molecule has 0 atom stereocenters. The number of hydrogen-bond acceptors (Lipinski definition) is 1. The molecule has 8 aromatic carbocycles. The summed E-state index contributed by atoms with van der Waals surface area (Å²) in [5.74, 6) is 0. The predicted octanol–water partition coefficient (Wildman–Crippen LogP) is 13.6. The van der Waals surface area contributed by atoms with E-state index in [9.17, 15) is 0 Å². The van der Waals surface area contributed by atoms with Gasteiger partial charge >= 0.3 is 0 Å². The van der Waals surface area contributed by atoms with E-state index in [1.165, 1.54) is 65.8 Å². The minimum Gasteiger partial charge on any atom is -0.316 e. The van der Waals surface area contributed by atoms with Crippen molar-refractivity contribution in [2.24, 2.45) is 0 Å². The van der Waals surface area contributed by atoms with E-state index in [-0.39, 0.29) is 0 Å². The summed E-state index contributed by atoms with van der Waals surface area (Å²) in [7, 11) is 0. The van der Waals surface area contributed by atoms with Crippen LogP contribution in [0.5, 0.6) is 0 Å². The Balaban J connectivity index is 1.04. The SMILES string of the molecule is Cc1ccc(-n2c3ccccc3c3cc(N(c4ccccc4)c4ccc(-n5ccc6c5ccc5c7ccccc7n(-c7ccccc7)c56)cc4)ccc32)cc1. The number of aryl methyl sites for hydroxylation is 1. The molecule has 11 rings (SSSR count). The zero-order chi connectivity index (χ0) is 36.5. The fraction of sp³-hybridized carbons (Fsp3) is 0.0196. The van der Waals surface area contributed by atoms with Gasteiger partial charge in [-0.2, -0.15) is 0 Å². The zero-order valence-corrected chi connectivity index (χ0v) is 30.3. The first kappa shape index (κ1) is 31.2. The van der Waals surface area contributed by atoms with Crippen LogP contribution in [0.4, 0.5) is 17.1 Å². The highest BCUT2D eigenvalue weighted by Gasteiger charge is 2.19. The molecule has 3 heterocycles.